The third kappa shape index (κ3) is 3.42. The highest BCUT2D eigenvalue weighted by molar-refractivity contribution is 6.11. The number of aryl methyl sites for hydroxylation is 2. The molecule has 0 aliphatic rings. The Kier molecular flexibility index (Phi) is 4.87. The van der Waals surface area contributed by atoms with E-state index < -0.39 is 63.2 Å². The number of carbonyl (C=O) groups is 1. The van der Waals surface area contributed by atoms with Crippen LogP contribution in [0.4, 0.5) is 35.1 Å². The molecule has 0 aliphatic heterocycles. The lowest BCUT2D eigenvalue weighted by atomic mass is 9.91. The molecule has 0 atom stereocenters. The van der Waals surface area contributed by atoms with Gasteiger partial charge in [-0.3, -0.25) is 4.79 Å². The van der Waals surface area contributed by atoms with Crippen molar-refractivity contribution in [2.45, 2.75) is 26.2 Å². The van der Waals surface area contributed by atoms with Gasteiger partial charge in [-0.2, -0.15) is 26.3 Å². The summed E-state index contributed by atoms with van der Waals surface area (Å²) >= 11 is 0. The lowest BCUT2D eigenvalue weighted by Crippen LogP contribution is -2.21. The second-order valence-electron chi connectivity index (χ2n) is 5.56. The topological polar surface area (TPSA) is 17.1 Å². The van der Waals surface area contributed by atoms with Crippen LogP contribution in [-0.4, -0.2) is 5.78 Å². The van der Waals surface area contributed by atoms with Crippen molar-refractivity contribution < 1.29 is 39.9 Å². The van der Waals surface area contributed by atoms with Crippen molar-refractivity contribution in [1.82, 2.24) is 0 Å². The summed E-state index contributed by atoms with van der Waals surface area (Å²) in [5.41, 5.74) is -7.65. The Morgan fingerprint density at radius 2 is 1.00 bits per heavy atom. The fraction of sp³-hybridized carbons (Fsp3) is 0.235. The molecule has 9 heteroatoms. The maximum absolute atomic E-state index is 14.3. The molecule has 0 unspecified atom stereocenters. The average Bonchev–Trinajstić information content (AvgIpc) is 2.49. The van der Waals surface area contributed by atoms with Crippen LogP contribution in [0.15, 0.2) is 24.3 Å². The van der Waals surface area contributed by atoms with Gasteiger partial charge < -0.3 is 0 Å². The minimum atomic E-state index is -5.22. The van der Waals surface area contributed by atoms with Crippen LogP contribution >= 0.6 is 0 Å². The van der Waals surface area contributed by atoms with E-state index in [9.17, 15) is 39.9 Å². The SMILES string of the molecule is Cc1ccc(C(F)(F)F)c(C(=O)c2c(C(F)(F)F)ccc(C)c2F)c1F. The highest BCUT2D eigenvalue weighted by Crippen LogP contribution is 2.39. The molecule has 140 valence electrons. The Bertz CT molecular complexity index is 806. The van der Waals surface area contributed by atoms with Gasteiger partial charge in [0.1, 0.15) is 11.6 Å². The van der Waals surface area contributed by atoms with E-state index in [-0.39, 0.29) is 0 Å². The summed E-state index contributed by atoms with van der Waals surface area (Å²) in [6.07, 6.45) is -10.4. The predicted octanol–water partition coefficient (Wildman–Crippen LogP) is 5.85. The molecular weight excluding hydrogens is 372 g/mol. The highest BCUT2D eigenvalue weighted by Gasteiger charge is 2.42. The van der Waals surface area contributed by atoms with Gasteiger partial charge in [0.15, 0.2) is 5.78 Å². The molecule has 0 saturated heterocycles. The van der Waals surface area contributed by atoms with Crippen LogP contribution in [0.25, 0.3) is 0 Å². The lowest BCUT2D eigenvalue weighted by Gasteiger charge is -2.18. The molecule has 0 fully saturated rings. The third-order valence-electron chi connectivity index (χ3n) is 3.74. The van der Waals surface area contributed by atoms with Gasteiger partial charge in [0, 0.05) is 0 Å². The summed E-state index contributed by atoms with van der Waals surface area (Å²) < 4.78 is 107. The van der Waals surface area contributed by atoms with Gasteiger partial charge in [-0.15, -0.1) is 0 Å². The molecule has 0 heterocycles. The molecule has 0 aliphatic carbocycles. The number of hydrogen-bond acceptors (Lipinski definition) is 1. The first-order valence-electron chi connectivity index (χ1n) is 7.04. The molecule has 0 bridgehead atoms. The van der Waals surface area contributed by atoms with Crippen LogP contribution in [0, 0.1) is 25.5 Å². The van der Waals surface area contributed by atoms with Crippen molar-refractivity contribution in [2.75, 3.05) is 0 Å². The first-order chi connectivity index (χ1) is 11.8. The van der Waals surface area contributed by atoms with Crippen molar-refractivity contribution in [3.05, 3.63) is 69.3 Å². The quantitative estimate of drug-likeness (QED) is 0.470. The van der Waals surface area contributed by atoms with Crippen LogP contribution in [0.5, 0.6) is 0 Å². The third-order valence-corrected chi connectivity index (χ3v) is 3.74. The Hall–Kier alpha value is -2.45. The van der Waals surface area contributed by atoms with E-state index in [2.05, 4.69) is 0 Å². The molecule has 0 amide bonds. The Labute approximate surface area is 142 Å². The molecule has 0 spiro atoms. The second-order valence-corrected chi connectivity index (χ2v) is 5.56. The van der Waals surface area contributed by atoms with Gasteiger partial charge in [0.25, 0.3) is 0 Å². The molecule has 0 saturated carbocycles. The first-order valence-corrected chi connectivity index (χ1v) is 7.04. The summed E-state index contributed by atoms with van der Waals surface area (Å²) in [5.74, 6) is -5.33. The summed E-state index contributed by atoms with van der Waals surface area (Å²) in [6, 6.07) is 2.19. The van der Waals surface area contributed by atoms with Crippen molar-refractivity contribution in [3.8, 4) is 0 Å². The van der Waals surface area contributed by atoms with Gasteiger partial charge >= 0.3 is 12.4 Å². The van der Waals surface area contributed by atoms with Crippen molar-refractivity contribution in [2.24, 2.45) is 0 Å². The minimum absolute atomic E-state index is 0.368. The molecular formula is C17H10F8O. The average molecular weight is 382 g/mol. The van der Waals surface area contributed by atoms with E-state index in [0.29, 0.717) is 12.1 Å². The van der Waals surface area contributed by atoms with Crippen molar-refractivity contribution >= 4 is 5.78 Å². The summed E-state index contributed by atoms with van der Waals surface area (Å²) in [4.78, 5) is 12.4. The number of rotatable bonds is 2. The summed E-state index contributed by atoms with van der Waals surface area (Å²) in [7, 11) is 0. The van der Waals surface area contributed by atoms with E-state index in [1.165, 1.54) is 0 Å². The molecule has 1 nitrogen and oxygen atoms in total. The minimum Gasteiger partial charge on any atom is -0.288 e. The highest BCUT2D eigenvalue weighted by atomic mass is 19.4. The van der Waals surface area contributed by atoms with E-state index in [4.69, 9.17) is 0 Å². The van der Waals surface area contributed by atoms with Gasteiger partial charge in [-0.25, -0.2) is 8.78 Å². The number of carbonyl (C=O) groups excluding carboxylic acids is 1. The van der Waals surface area contributed by atoms with Gasteiger partial charge in [-0.1, -0.05) is 12.1 Å². The number of benzene rings is 2. The van der Waals surface area contributed by atoms with Gasteiger partial charge in [0.2, 0.25) is 0 Å². The second kappa shape index (κ2) is 6.37. The normalized spacial score (nSPS) is 12.4. The lowest BCUT2D eigenvalue weighted by molar-refractivity contribution is -0.138. The number of alkyl halides is 6. The van der Waals surface area contributed by atoms with Crippen LogP contribution in [-0.2, 0) is 12.4 Å². The monoisotopic (exact) mass is 382 g/mol. The van der Waals surface area contributed by atoms with E-state index in [1.807, 2.05) is 0 Å². The Morgan fingerprint density at radius 3 is 1.27 bits per heavy atom. The zero-order valence-electron chi connectivity index (χ0n) is 13.2. The predicted molar refractivity (Wildman–Crippen MR) is 75.7 cm³/mol. The van der Waals surface area contributed by atoms with Gasteiger partial charge in [-0.05, 0) is 37.1 Å². The van der Waals surface area contributed by atoms with Crippen LogP contribution in [0.1, 0.15) is 38.2 Å². The molecule has 2 aromatic carbocycles. The molecule has 2 aromatic rings. The van der Waals surface area contributed by atoms with Crippen LogP contribution < -0.4 is 0 Å². The summed E-state index contributed by atoms with van der Waals surface area (Å²) in [5, 5.41) is 0. The fourth-order valence-electron chi connectivity index (χ4n) is 2.40. The maximum Gasteiger partial charge on any atom is 0.417 e. The Balaban J connectivity index is 2.88. The molecule has 26 heavy (non-hydrogen) atoms. The molecule has 0 aromatic heterocycles. The van der Waals surface area contributed by atoms with E-state index >= 15 is 0 Å². The number of halogens is 8. The van der Waals surface area contributed by atoms with Crippen molar-refractivity contribution in [3.63, 3.8) is 0 Å². The zero-order chi connectivity index (χ0) is 20.0. The largest absolute Gasteiger partial charge is 0.417 e. The Morgan fingerprint density at radius 1 is 0.692 bits per heavy atom. The smallest absolute Gasteiger partial charge is 0.288 e. The summed E-state index contributed by atoms with van der Waals surface area (Å²) in [6.45, 7) is 2.06. The zero-order valence-corrected chi connectivity index (χ0v) is 13.2. The first kappa shape index (κ1) is 19.9. The van der Waals surface area contributed by atoms with Crippen LogP contribution in [0.3, 0.4) is 0 Å². The molecule has 2 rings (SSSR count). The van der Waals surface area contributed by atoms with Gasteiger partial charge in [0.05, 0.1) is 22.3 Å². The van der Waals surface area contributed by atoms with E-state index in [1.54, 1.807) is 0 Å². The van der Waals surface area contributed by atoms with E-state index in [0.717, 1.165) is 26.0 Å². The number of hydrogen-bond donors (Lipinski definition) is 0. The van der Waals surface area contributed by atoms with Crippen LogP contribution in [0.2, 0.25) is 0 Å². The maximum atomic E-state index is 14.3. The fourth-order valence-corrected chi connectivity index (χ4v) is 2.40. The molecule has 0 N–H and O–H groups in total. The van der Waals surface area contributed by atoms with Crippen molar-refractivity contribution in [1.29, 1.82) is 0 Å². The standard InChI is InChI=1S/C17H10F8O/c1-7-3-5-9(16(20,21)22)11(13(7)18)15(26)12-10(17(23,24)25)6-4-8(2)14(12)19/h3-6H,1-2H3. The number of ketones is 1. The molecule has 0 radical (unpaired) electrons.